The zero-order valence-corrected chi connectivity index (χ0v) is 12.4. The van der Waals surface area contributed by atoms with E-state index in [1.807, 2.05) is 49.4 Å². The van der Waals surface area contributed by atoms with Crippen LogP contribution in [0.2, 0.25) is 5.02 Å². The summed E-state index contributed by atoms with van der Waals surface area (Å²) in [4.78, 5) is 0. The fourth-order valence-electron chi connectivity index (χ4n) is 1.81. The Hall–Kier alpha value is -0.830. The first-order valence-electron chi connectivity index (χ1n) is 5.75. The molecule has 0 aromatic heterocycles. The van der Waals surface area contributed by atoms with Crippen LogP contribution in [0, 0.1) is 6.92 Å². The molecule has 0 aliphatic carbocycles. The van der Waals surface area contributed by atoms with Crippen molar-refractivity contribution in [3.05, 3.63) is 68.7 Å². The quantitative estimate of drug-likeness (QED) is 0.868. The minimum atomic E-state index is -0.540. The van der Waals surface area contributed by atoms with Gasteiger partial charge in [-0.2, -0.15) is 0 Å². The largest absolute Gasteiger partial charge is 0.388 e. The minimum absolute atomic E-state index is 0.523. The molecule has 1 unspecified atom stereocenters. The molecule has 0 saturated heterocycles. The molecule has 0 fully saturated rings. The summed E-state index contributed by atoms with van der Waals surface area (Å²) in [5, 5.41) is 10.9. The average molecular weight is 326 g/mol. The Morgan fingerprint density at radius 3 is 2.61 bits per heavy atom. The molecule has 2 rings (SSSR count). The third-order valence-electron chi connectivity index (χ3n) is 2.95. The first kappa shape index (κ1) is 13.6. The van der Waals surface area contributed by atoms with E-state index in [-0.39, 0.29) is 0 Å². The SMILES string of the molecule is Cc1ccc(C(O)Cc2ccccc2Cl)cc1Br. The van der Waals surface area contributed by atoms with Crippen LogP contribution in [0.1, 0.15) is 22.8 Å². The van der Waals surface area contributed by atoms with Crippen molar-refractivity contribution in [1.82, 2.24) is 0 Å². The van der Waals surface area contributed by atoms with E-state index in [0.717, 1.165) is 21.2 Å². The summed E-state index contributed by atoms with van der Waals surface area (Å²) in [6, 6.07) is 13.5. The van der Waals surface area contributed by atoms with E-state index < -0.39 is 6.10 Å². The van der Waals surface area contributed by atoms with Crippen molar-refractivity contribution in [2.24, 2.45) is 0 Å². The van der Waals surface area contributed by atoms with Crippen molar-refractivity contribution in [2.75, 3.05) is 0 Å². The van der Waals surface area contributed by atoms with Gasteiger partial charge in [0, 0.05) is 15.9 Å². The Kier molecular flexibility index (Phi) is 4.44. The van der Waals surface area contributed by atoms with Crippen LogP contribution in [-0.4, -0.2) is 5.11 Å². The van der Waals surface area contributed by atoms with Gasteiger partial charge < -0.3 is 5.11 Å². The van der Waals surface area contributed by atoms with E-state index in [1.54, 1.807) is 0 Å². The summed E-state index contributed by atoms with van der Waals surface area (Å²) in [6.07, 6.45) is -0.0170. The van der Waals surface area contributed by atoms with Gasteiger partial charge >= 0.3 is 0 Å². The van der Waals surface area contributed by atoms with Crippen LogP contribution in [0.3, 0.4) is 0 Å². The van der Waals surface area contributed by atoms with E-state index in [4.69, 9.17) is 11.6 Å². The molecule has 18 heavy (non-hydrogen) atoms. The van der Waals surface area contributed by atoms with Gasteiger partial charge in [0.1, 0.15) is 0 Å². The summed E-state index contributed by atoms with van der Waals surface area (Å²) >= 11 is 9.57. The first-order valence-corrected chi connectivity index (χ1v) is 6.92. The van der Waals surface area contributed by atoms with Gasteiger partial charge in [-0.05, 0) is 35.7 Å². The Labute approximate surface area is 121 Å². The molecule has 3 heteroatoms. The maximum Gasteiger partial charge on any atom is 0.0831 e. The van der Waals surface area contributed by atoms with E-state index in [9.17, 15) is 5.11 Å². The van der Waals surface area contributed by atoms with Crippen LogP contribution < -0.4 is 0 Å². The highest BCUT2D eigenvalue weighted by molar-refractivity contribution is 9.10. The standard InChI is InChI=1S/C15H14BrClO/c1-10-6-7-12(8-13(10)16)15(18)9-11-4-2-3-5-14(11)17/h2-8,15,18H,9H2,1H3. The number of aliphatic hydroxyl groups is 1. The summed E-state index contributed by atoms with van der Waals surface area (Å²) in [5.74, 6) is 0. The Morgan fingerprint density at radius 2 is 1.94 bits per heavy atom. The highest BCUT2D eigenvalue weighted by Gasteiger charge is 2.11. The molecule has 0 spiro atoms. The molecular weight excluding hydrogens is 312 g/mol. The third kappa shape index (κ3) is 3.14. The molecular formula is C15H14BrClO. The molecule has 0 saturated carbocycles. The normalized spacial score (nSPS) is 12.4. The smallest absolute Gasteiger partial charge is 0.0831 e. The zero-order chi connectivity index (χ0) is 13.1. The average Bonchev–Trinajstić information content (AvgIpc) is 2.35. The highest BCUT2D eigenvalue weighted by atomic mass is 79.9. The lowest BCUT2D eigenvalue weighted by Gasteiger charge is -2.13. The van der Waals surface area contributed by atoms with Gasteiger partial charge in [-0.15, -0.1) is 0 Å². The van der Waals surface area contributed by atoms with Gasteiger partial charge in [0.25, 0.3) is 0 Å². The third-order valence-corrected chi connectivity index (χ3v) is 4.17. The molecule has 1 atom stereocenters. The number of halogens is 2. The van der Waals surface area contributed by atoms with Gasteiger partial charge in [0.05, 0.1) is 6.10 Å². The predicted octanol–water partition coefficient (Wildman–Crippen LogP) is 4.69. The fraction of sp³-hybridized carbons (Fsp3) is 0.200. The van der Waals surface area contributed by atoms with E-state index in [0.29, 0.717) is 11.4 Å². The molecule has 2 aromatic carbocycles. The van der Waals surface area contributed by atoms with Crippen molar-refractivity contribution in [3.8, 4) is 0 Å². The molecule has 0 radical (unpaired) electrons. The van der Waals surface area contributed by atoms with Crippen molar-refractivity contribution in [3.63, 3.8) is 0 Å². The molecule has 1 nitrogen and oxygen atoms in total. The van der Waals surface area contributed by atoms with E-state index in [1.165, 1.54) is 0 Å². The molecule has 2 aromatic rings. The molecule has 0 heterocycles. The van der Waals surface area contributed by atoms with Gasteiger partial charge in [-0.3, -0.25) is 0 Å². The summed E-state index contributed by atoms with van der Waals surface area (Å²) < 4.78 is 1.01. The second-order valence-electron chi connectivity index (χ2n) is 4.32. The monoisotopic (exact) mass is 324 g/mol. The lowest BCUT2D eigenvalue weighted by atomic mass is 10.0. The highest BCUT2D eigenvalue weighted by Crippen LogP contribution is 2.26. The van der Waals surface area contributed by atoms with E-state index in [2.05, 4.69) is 15.9 Å². The van der Waals surface area contributed by atoms with Crippen molar-refractivity contribution in [1.29, 1.82) is 0 Å². The second-order valence-corrected chi connectivity index (χ2v) is 5.58. The van der Waals surface area contributed by atoms with Crippen LogP contribution in [0.4, 0.5) is 0 Å². The second kappa shape index (κ2) is 5.87. The number of aryl methyl sites for hydroxylation is 1. The van der Waals surface area contributed by atoms with Gasteiger partial charge in [-0.25, -0.2) is 0 Å². The molecule has 0 amide bonds. The van der Waals surface area contributed by atoms with Crippen molar-refractivity contribution in [2.45, 2.75) is 19.4 Å². The number of aliphatic hydroxyl groups excluding tert-OH is 1. The molecule has 0 aliphatic heterocycles. The maximum atomic E-state index is 10.2. The molecule has 0 bridgehead atoms. The van der Waals surface area contributed by atoms with Crippen LogP contribution in [-0.2, 0) is 6.42 Å². The van der Waals surface area contributed by atoms with Gasteiger partial charge in [0.2, 0.25) is 0 Å². The summed E-state index contributed by atoms with van der Waals surface area (Å²) in [6.45, 7) is 2.02. The van der Waals surface area contributed by atoms with Crippen LogP contribution >= 0.6 is 27.5 Å². The van der Waals surface area contributed by atoms with Gasteiger partial charge in [-0.1, -0.05) is 57.9 Å². The predicted molar refractivity (Wildman–Crippen MR) is 79.0 cm³/mol. The van der Waals surface area contributed by atoms with Crippen LogP contribution in [0.25, 0.3) is 0 Å². The molecule has 94 valence electrons. The van der Waals surface area contributed by atoms with Crippen molar-refractivity contribution < 1.29 is 5.11 Å². The fourth-order valence-corrected chi connectivity index (χ4v) is 2.42. The number of rotatable bonds is 3. The van der Waals surface area contributed by atoms with E-state index >= 15 is 0 Å². The van der Waals surface area contributed by atoms with Crippen LogP contribution in [0.5, 0.6) is 0 Å². The Bertz CT molecular complexity index is 554. The number of hydrogen-bond acceptors (Lipinski definition) is 1. The molecule has 0 aliphatic rings. The van der Waals surface area contributed by atoms with Crippen molar-refractivity contribution >= 4 is 27.5 Å². The summed E-state index contributed by atoms with van der Waals surface area (Å²) in [7, 11) is 0. The lowest BCUT2D eigenvalue weighted by Crippen LogP contribution is -2.02. The molecule has 1 N–H and O–H groups in total. The summed E-state index contributed by atoms with van der Waals surface area (Å²) in [5.41, 5.74) is 3.01. The Morgan fingerprint density at radius 1 is 1.22 bits per heavy atom. The lowest BCUT2D eigenvalue weighted by molar-refractivity contribution is 0.178. The Balaban J connectivity index is 2.19. The number of hydrogen-bond donors (Lipinski definition) is 1. The topological polar surface area (TPSA) is 20.2 Å². The maximum absolute atomic E-state index is 10.2. The van der Waals surface area contributed by atoms with Gasteiger partial charge in [0.15, 0.2) is 0 Å². The van der Waals surface area contributed by atoms with Crippen LogP contribution in [0.15, 0.2) is 46.9 Å². The zero-order valence-electron chi connectivity index (χ0n) is 10.0. The first-order chi connectivity index (χ1) is 8.58. The minimum Gasteiger partial charge on any atom is -0.388 e. The number of benzene rings is 2.